The SMILES string of the molecule is CCCCCC(Cc1cc(C)nn1C)NCCC. The van der Waals surface area contributed by atoms with E-state index < -0.39 is 0 Å². The van der Waals surface area contributed by atoms with Crippen molar-refractivity contribution in [1.82, 2.24) is 15.1 Å². The van der Waals surface area contributed by atoms with Crippen LogP contribution in [0.25, 0.3) is 0 Å². The molecule has 0 bridgehead atoms. The number of hydrogen-bond acceptors (Lipinski definition) is 2. The van der Waals surface area contributed by atoms with Crippen LogP contribution in [0, 0.1) is 6.92 Å². The van der Waals surface area contributed by atoms with Crippen molar-refractivity contribution in [2.75, 3.05) is 6.54 Å². The fraction of sp³-hybridized carbons (Fsp3) is 0.800. The fourth-order valence-electron chi connectivity index (χ4n) is 2.37. The Hall–Kier alpha value is -0.830. The van der Waals surface area contributed by atoms with E-state index in [4.69, 9.17) is 0 Å². The Bertz CT molecular complexity index is 330. The minimum Gasteiger partial charge on any atom is -0.314 e. The van der Waals surface area contributed by atoms with Crippen LogP contribution in [0.4, 0.5) is 0 Å². The molecule has 1 aromatic heterocycles. The summed E-state index contributed by atoms with van der Waals surface area (Å²) in [5, 5.41) is 8.10. The van der Waals surface area contributed by atoms with Crippen LogP contribution in [0.2, 0.25) is 0 Å². The summed E-state index contributed by atoms with van der Waals surface area (Å²) < 4.78 is 2.02. The summed E-state index contributed by atoms with van der Waals surface area (Å²) in [6, 6.07) is 2.81. The molecule has 0 aliphatic carbocycles. The van der Waals surface area contributed by atoms with Gasteiger partial charge in [-0.2, -0.15) is 5.10 Å². The highest BCUT2D eigenvalue weighted by molar-refractivity contribution is 5.10. The summed E-state index contributed by atoms with van der Waals surface area (Å²) in [4.78, 5) is 0. The Kier molecular flexibility index (Phi) is 7.02. The van der Waals surface area contributed by atoms with E-state index in [9.17, 15) is 0 Å². The van der Waals surface area contributed by atoms with Gasteiger partial charge in [-0.3, -0.25) is 4.68 Å². The average molecular weight is 251 g/mol. The molecule has 1 N–H and O–H groups in total. The molecule has 1 rings (SSSR count). The van der Waals surface area contributed by atoms with Gasteiger partial charge in [0.1, 0.15) is 0 Å². The lowest BCUT2D eigenvalue weighted by atomic mass is 10.0. The molecule has 3 nitrogen and oxygen atoms in total. The van der Waals surface area contributed by atoms with Crippen LogP contribution in [-0.4, -0.2) is 22.4 Å². The second kappa shape index (κ2) is 8.30. The highest BCUT2D eigenvalue weighted by Crippen LogP contribution is 2.11. The molecule has 0 amide bonds. The molecular formula is C15H29N3. The summed E-state index contributed by atoms with van der Waals surface area (Å²) >= 11 is 0. The maximum Gasteiger partial charge on any atom is 0.0596 e. The van der Waals surface area contributed by atoms with Crippen LogP contribution in [0.3, 0.4) is 0 Å². The average Bonchev–Trinajstić information content (AvgIpc) is 2.65. The number of unbranched alkanes of at least 4 members (excludes halogenated alkanes) is 2. The van der Waals surface area contributed by atoms with Gasteiger partial charge in [0.2, 0.25) is 0 Å². The molecule has 3 heteroatoms. The molecule has 0 spiro atoms. The Labute approximate surface area is 112 Å². The lowest BCUT2D eigenvalue weighted by molar-refractivity contribution is 0.446. The maximum atomic E-state index is 4.43. The van der Waals surface area contributed by atoms with Gasteiger partial charge in [-0.25, -0.2) is 0 Å². The lowest BCUT2D eigenvalue weighted by Crippen LogP contribution is -2.32. The van der Waals surface area contributed by atoms with Gasteiger partial charge in [-0.15, -0.1) is 0 Å². The molecule has 0 saturated carbocycles. The predicted octanol–water partition coefficient (Wildman–Crippen LogP) is 3.22. The molecule has 0 radical (unpaired) electrons. The van der Waals surface area contributed by atoms with Gasteiger partial charge < -0.3 is 5.32 Å². The molecule has 0 fully saturated rings. The number of nitrogens with one attached hydrogen (secondary N) is 1. The molecule has 1 aromatic rings. The smallest absolute Gasteiger partial charge is 0.0596 e. The molecule has 0 aromatic carbocycles. The van der Waals surface area contributed by atoms with Gasteiger partial charge in [0.15, 0.2) is 0 Å². The van der Waals surface area contributed by atoms with Crippen molar-refractivity contribution in [3.05, 3.63) is 17.5 Å². The van der Waals surface area contributed by atoms with Crippen molar-refractivity contribution < 1.29 is 0 Å². The topological polar surface area (TPSA) is 29.9 Å². The van der Waals surface area contributed by atoms with Gasteiger partial charge in [0, 0.05) is 25.2 Å². The van der Waals surface area contributed by atoms with E-state index >= 15 is 0 Å². The van der Waals surface area contributed by atoms with Gasteiger partial charge >= 0.3 is 0 Å². The van der Waals surface area contributed by atoms with Gasteiger partial charge in [-0.1, -0.05) is 33.1 Å². The number of aromatic nitrogens is 2. The first-order valence-corrected chi connectivity index (χ1v) is 7.40. The Morgan fingerprint density at radius 2 is 2.06 bits per heavy atom. The zero-order valence-electron chi connectivity index (χ0n) is 12.5. The zero-order valence-corrected chi connectivity index (χ0v) is 12.5. The second-order valence-electron chi connectivity index (χ2n) is 5.25. The predicted molar refractivity (Wildman–Crippen MR) is 77.9 cm³/mol. The molecule has 1 unspecified atom stereocenters. The minimum absolute atomic E-state index is 0.603. The Morgan fingerprint density at radius 3 is 2.61 bits per heavy atom. The van der Waals surface area contributed by atoms with Crippen molar-refractivity contribution >= 4 is 0 Å². The summed E-state index contributed by atoms with van der Waals surface area (Å²) in [5.74, 6) is 0. The van der Waals surface area contributed by atoms with Crippen molar-refractivity contribution in [2.45, 2.75) is 65.3 Å². The van der Waals surface area contributed by atoms with Crippen LogP contribution in [0.15, 0.2) is 6.07 Å². The third-order valence-corrected chi connectivity index (χ3v) is 3.39. The highest BCUT2D eigenvalue weighted by Gasteiger charge is 2.11. The normalized spacial score (nSPS) is 12.9. The molecule has 104 valence electrons. The lowest BCUT2D eigenvalue weighted by Gasteiger charge is -2.18. The number of hydrogen-bond donors (Lipinski definition) is 1. The van der Waals surface area contributed by atoms with Crippen LogP contribution >= 0.6 is 0 Å². The molecular weight excluding hydrogens is 222 g/mol. The summed E-state index contributed by atoms with van der Waals surface area (Å²) in [7, 11) is 2.05. The minimum atomic E-state index is 0.603. The quantitative estimate of drug-likeness (QED) is 0.683. The van der Waals surface area contributed by atoms with Crippen LogP contribution in [0.1, 0.15) is 57.3 Å². The monoisotopic (exact) mass is 251 g/mol. The first-order valence-electron chi connectivity index (χ1n) is 7.40. The second-order valence-corrected chi connectivity index (χ2v) is 5.25. The van der Waals surface area contributed by atoms with Crippen molar-refractivity contribution in [2.24, 2.45) is 7.05 Å². The molecule has 18 heavy (non-hydrogen) atoms. The first-order chi connectivity index (χ1) is 8.67. The van der Waals surface area contributed by atoms with Gasteiger partial charge in [-0.05, 0) is 32.4 Å². The number of rotatable bonds is 9. The van der Waals surface area contributed by atoms with Gasteiger partial charge in [0.25, 0.3) is 0 Å². The van der Waals surface area contributed by atoms with E-state index in [2.05, 4.69) is 37.3 Å². The number of nitrogens with zero attached hydrogens (tertiary/aromatic N) is 2. The van der Waals surface area contributed by atoms with Gasteiger partial charge in [0.05, 0.1) is 5.69 Å². The number of aryl methyl sites for hydroxylation is 2. The molecule has 1 heterocycles. The zero-order chi connectivity index (χ0) is 13.4. The van der Waals surface area contributed by atoms with E-state index in [0.29, 0.717) is 6.04 Å². The highest BCUT2D eigenvalue weighted by atomic mass is 15.3. The maximum absolute atomic E-state index is 4.43. The largest absolute Gasteiger partial charge is 0.314 e. The fourth-order valence-corrected chi connectivity index (χ4v) is 2.37. The van der Waals surface area contributed by atoms with E-state index in [1.807, 2.05) is 11.7 Å². The standard InChI is InChI=1S/C15H29N3/c1-5-7-8-9-14(16-10-6-2)12-15-11-13(3)17-18(15)4/h11,14,16H,5-10,12H2,1-4H3. The molecule has 0 saturated heterocycles. The third-order valence-electron chi connectivity index (χ3n) is 3.39. The molecule has 1 atom stereocenters. The summed E-state index contributed by atoms with van der Waals surface area (Å²) in [6.07, 6.45) is 7.54. The Balaban J connectivity index is 2.50. The molecule has 0 aliphatic rings. The summed E-state index contributed by atoms with van der Waals surface area (Å²) in [6.45, 7) is 7.67. The van der Waals surface area contributed by atoms with E-state index in [1.165, 1.54) is 37.8 Å². The van der Waals surface area contributed by atoms with E-state index in [-0.39, 0.29) is 0 Å². The van der Waals surface area contributed by atoms with E-state index in [1.54, 1.807) is 0 Å². The Morgan fingerprint density at radius 1 is 1.28 bits per heavy atom. The van der Waals surface area contributed by atoms with Crippen LogP contribution < -0.4 is 5.32 Å². The first kappa shape index (κ1) is 15.2. The summed E-state index contributed by atoms with van der Waals surface area (Å²) in [5.41, 5.74) is 2.47. The van der Waals surface area contributed by atoms with Crippen molar-refractivity contribution in [3.63, 3.8) is 0 Å². The third kappa shape index (κ3) is 5.21. The van der Waals surface area contributed by atoms with E-state index in [0.717, 1.165) is 18.7 Å². The van der Waals surface area contributed by atoms with Crippen molar-refractivity contribution in [1.29, 1.82) is 0 Å². The molecule has 0 aliphatic heterocycles. The van der Waals surface area contributed by atoms with Crippen molar-refractivity contribution in [3.8, 4) is 0 Å². The van der Waals surface area contributed by atoms with Crippen LogP contribution in [-0.2, 0) is 13.5 Å². The van der Waals surface area contributed by atoms with Crippen LogP contribution in [0.5, 0.6) is 0 Å².